The van der Waals surface area contributed by atoms with Crippen LogP contribution in [0.1, 0.15) is 33.1 Å². The predicted molar refractivity (Wildman–Crippen MR) is 74.9 cm³/mol. The molecule has 2 atom stereocenters. The second-order valence-electron chi connectivity index (χ2n) is 5.53. The number of hydrogen-bond acceptors (Lipinski definition) is 5. The summed E-state index contributed by atoms with van der Waals surface area (Å²) in [4.78, 5) is 11.5. The maximum absolute atomic E-state index is 11.5. The van der Waals surface area contributed by atoms with Crippen molar-refractivity contribution in [1.29, 1.82) is 0 Å². The van der Waals surface area contributed by atoms with E-state index >= 15 is 0 Å². The number of carboxylic acids is 1. The maximum atomic E-state index is 11.5. The summed E-state index contributed by atoms with van der Waals surface area (Å²) in [6, 6.07) is 0.141. The first-order chi connectivity index (χ1) is 9.50. The fourth-order valence-corrected chi connectivity index (χ4v) is 2.60. The lowest BCUT2D eigenvalue weighted by molar-refractivity contribution is -0.145. The number of rotatable bonds is 10. The van der Waals surface area contributed by atoms with E-state index in [9.17, 15) is 9.90 Å². The van der Waals surface area contributed by atoms with Crippen molar-refractivity contribution in [3.8, 4) is 0 Å². The molecule has 0 aromatic carbocycles. The summed E-state index contributed by atoms with van der Waals surface area (Å²) in [6.45, 7) is 6.05. The molecule has 0 aromatic rings. The molecule has 0 radical (unpaired) electrons. The Hall–Kier alpha value is -0.690. The van der Waals surface area contributed by atoms with Gasteiger partial charge in [0.2, 0.25) is 0 Å². The molecule has 1 saturated carbocycles. The van der Waals surface area contributed by atoms with E-state index in [2.05, 4.69) is 5.32 Å². The third-order valence-electron chi connectivity index (χ3n) is 3.46. The van der Waals surface area contributed by atoms with Crippen LogP contribution < -0.4 is 5.32 Å². The topological polar surface area (TPSA) is 77.0 Å². The number of hydrogen-bond donors (Lipinski definition) is 2. The fraction of sp³-hybridized carbons (Fsp3) is 0.929. The van der Waals surface area contributed by atoms with E-state index in [1.807, 2.05) is 13.8 Å². The quantitative estimate of drug-likeness (QED) is 0.585. The minimum atomic E-state index is -0.838. The summed E-state index contributed by atoms with van der Waals surface area (Å²) in [7, 11) is 1.63. The summed E-state index contributed by atoms with van der Waals surface area (Å²) in [5.41, 5.74) is -0.838. The standard InChI is InChI=1S/C14H27NO5/c1-11(2)15-14(13(16)17)5-4-12(10-14)20-9-8-19-7-6-18-3/h11-12,15H,4-10H2,1-3H3,(H,16,17). The lowest BCUT2D eigenvalue weighted by Gasteiger charge is -2.28. The normalized spacial score (nSPS) is 26.3. The summed E-state index contributed by atoms with van der Waals surface area (Å²) < 4.78 is 15.9. The van der Waals surface area contributed by atoms with Gasteiger partial charge in [0.05, 0.1) is 32.5 Å². The molecule has 0 aromatic heterocycles. The van der Waals surface area contributed by atoms with E-state index in [1.54, 1.807) is 7.11 Å². The molecule has 6 heteroatoms. The van der Waals surface area contributed by atoms with Gasteiger partial charge in [-0.15, -0.1) is 0 Å². The Morgan fingerprint density at radius 3 is 2.65 bits per heavy atom. The molecule has 0 saturated heterocycles. The second kappa shape index (κ2) is 8.56. The molecule has 2 unspecified atom stereocenters. The molecule has 1 fully saturated rings. The largest absolute Gasteiger partial charge is 0.480 e. The van der Waals surface area contributed by atoms with Crippen LogP contribution in [0.2, 0.25) is 0 Å². The first-order valence-electron chi connectivity index (χ1n) is 7.19. The van der Waals surface area contributed by atoms with Crippen LogP contribution in [0, 0.1) is 0 Å². The van der Waals surface area contributed by atoms with Crippen LogP contribution in [0.3, 0.4) is 0 Å². The molecular formula is C14H27NO5. The van der Waals surface area contributed by atoms with E-state index in [0.29, 0.717) is 39.3 Å². The SMILES string of the molecule is COCCOCCOC1CCC(NC(C)C)(C(=O)O)C1. The molecule has 6 nitrogen and oxygen atoms in total. The third-order valence-corrected chi connectivity index (χ3v) is 3.46. The van der Waals surface area contributed by atoms with Crippen LogP contribution in [-0.4, -0.2) is 62.3 Å². The molecule has 118 valence electrons. The monoisotopic (exact) mass is 289 g/mol. The van der Waals surface area contributed by atoms with Crippen molar-refractivity contribution in [3.63, 3.8) is 0 Å². The van der Waals surface area contributed by atoms with Gasteiger partial charge in [-0.05, 0) is 26.7 Å². The molecule has 1 rings (SSSR count). The van der Waals surface area contributed by atoms with E-state index in [-0.39, 0.29) is 12.1 Å². The van der Waals surface area contributed by atoms with Crippen LogP contribution in [0.15, 0.2) is 0 Å². The number of methoxy groups -OCH3 is 1. The van der Waals surface area contributed by atoms with Gasteiger partial charge in [-0.1, -0.05) is 0 Å². The van der Waals surface area contributed by atoms with Crippen LogP contribution in [0.25, 0.3) is 0 Å². The summed E-state index contributed by atoms with van der Waals surface area (Å²) in [5, 5.41) is 12.6. The van der Waals surface area contributed by atoms with Crippen LogP contribution in [-0.2, 0) is 19.0 Å². The number of aliphatic carboxylic acids is 1. The number of ether oxygens (including phenoxy) is 3. The average Bonchev–Trinajstić information content (AvgIpc) is 2.77. The zero-order chi connectivity index (χ0) is 15.0. The van der Waals surface area contributed by atoms with Gasteiger partial charge in [-0.2, -0.15) is 0 Å². The van der Waals surface area contributed by atoms with Crippen molar-refractivity contribution in [2.24, 2.45) is 0 Å². The Labute approximate surface area is 120 Å². The Bertz CT molecular complexity index is 297. The number of nitrogens with one attached hydrogen (secondary N) is 1. The van der Waals surface area contributed by atoms with Crippen LogP contribution in [0.5, 0.6) is 0 Å². The van der Waals surface area contributed by atoms with Gasteiger partial charge in [-0.3, -0.25) is 10.1 Å². The van der Waals surface area contributed by atoms with Crippen molar-refractivity contribution in [2.75, 3.05) is 33.5 Å². The molecule has 0 spiro atoms. The van der Waals surface area contributed by atoms with Crippen LogP contribution >= 0.6 is 0 Å². The minimum Gasteiger partial charge on any atom is -0.480 e. The van der Waals surface area contributed by atoms with E-state index in [4.69, 9.17) is 14.2 Å². The molecule has 2 N–H and O–H groups in total. The molecule has 1 aliphatic carbocycles. The zero-order valence-electron chi connectivity index (χ0n) is 12.7. The molecule has 1 aliphatic rings. The molecule has 0 amide bonds. The van der Waals surface area contributed by atoms with Gasteiger partial charge in [-0.25, -0.2) is 0 Å². The first-order valence-corrected chi connectivity index (χ1v) is 7.19. The van der Waals surface area contributed by atoms with Crippen molar-refractivity contribution in [2.45, 2.75) is 50.8 Å². The van der Waals surface area contributed by atoms with Gasteiger partial charge in [0.15, 0.2) is 0 Å². The third kappa shape index (κ3) is 5.36. The summed E-state index contributed by atoms with van der Waals surface area (Å²) >= 11 is 0. The van der Waals surface area contributed by atoms with Crippen molar-refractivity contribution in [3.05, 3.63) is 0 Å². The van der Waals surface area contributed by atoms with E-state index in [0.717, 1.165) is 6.42 Å². The first kappa shape index (κ1) is 17.4. The Kier molecular flexibility index (Phi) is 7.43. The average molecular weight is 289 g/mol. The Morgan fingerprint density at radius 2 is 2.05 bits per heavy atom. The lowest BCUT2D eigenvalue weighted by Crippen LogP contribution is -2.53. The smallest absolute Gasteiger partial charge is 0.324 e. The van der Waals surface area contributed by atoms with E-state index < -0.39 is 11.5 Å². The highest BCUT2D eigenvalue weighted by atomic mass is 16.5. The van der Waals surface area contributed by atoms with Gasteiger partial charge in [0.25, 0.3) is 0 Å². The molecule has 0 bridgehead atoms. The second-order valence-corrected chi connectivity index (χ2v) is 5.53. The van der Waals surface area contributed by atoms with Gasteiger partial charge in [0.1, 0.15) is 5.54 Å². The molecule has 0 heterocycles. The molecule has 0 aliphatic heterocycles. The predicted octanol–water partition coefficient (Wildman–Crippen LogP) is 1.04. The fourth-order valence-electron chi connectivity index (χ4n) is 2.60. The minimum absolute atomic E-state index is 0.0108. The number of carbonyl (C=O) groups is 1. The highest BCUT2D eigenvalue weighted by Gasteiger charge is 2.46. The Balaban J connectivity index is 2.28. The lowest BCUT2D eigenvalue weighted by atomic mass is 9.96. The Morgan fingerprint density at radius 1 is 1.35 bits per heavy atom. The highest BCUT2D eigenvalue weighted by molar-refractivity contribution is 5.79. The van der Waals surface area contributed by atoms with Gasteiger partial charge < -0.3 is 19.3 Å². The maximum Gasteiger partial charge on any atom is 0.324 e. The van der Waals surface area contributed by atoms with E-state index in [1.165, 1.54) is 0 Å². The number of carboxylic acid groups (broad SMARTS) is 1. The highest BCUT2D eigenvalue weighted by Crippen LogP contribution is 2.32. The van der Waals surface area contributed by atoms with Crippen molar-refractivity contribution >= 4 is 5.97 Å². The zero-order valence-corrected chi connectivity index (χ0v) is 12.7. The van der Waals surface area contributed by atoms with Crippen molar-refractivity contribution < 1.29 is 24.1 Å². The molecule has 20 heavy (non-hydrogen) atoms. The summed E-state index contributed by atoms with van der Waals surface area (Å²) in [5.74, 6) is -0.784. The molecular weight excluding hydrogens is 262 g/mol. The van der Waals surface area contributed by atoms with Crippen LogP contribution in [0.4, 0.5) is 0 Å². The van der Waals surface area contributed by atoms with Gasteiger partial charge in [0, 0.05) is 19.6 Å². The van der Waals surface area contributed by atoms with Crippen molar-refractivity contribution in [1.82, 2.24) is 5.32 Å². The summed E-state index contributed by atoms with van der Waals surface area (Å²) in [6.07, 6.45) is 1.88. The van der Waals surface area contributed by atoms with Gasteiger partial charge >= 0.3 is 5.97 Å².